The minimum Gasteiger partial charge on any atom is -0.481 e. The van der Waals surface area contributed by atoms with E-state index in [1.807, 2.05) is 0 Å². The van der Waals surface area contributed by atoms with Crippen LogP contribution in [-0.2, 0) is 9.59 Å². The minimum absolute atomic E-state index is 0.0345. The monoisotopic (exact) mass is 283 g/mol. The van der Waals surface area contributed by atoms with Gasteiger partial charge in [0.05, 0.1) is 6.04 Å². The van der Waals surface area contributed by atoms with Crippen LogP contribution in [0, 0.1) is 0 Å². The first-order valence-corrected chi connectivity index (χ1v) is 7.13. The van der Waals surface area contributed by atoms with Crippen molar-refractivity contribution in [2.45, 2.75) is 50.6 Å². The van der Waals surface area contributed by atoms with Gasteiger partial charge in [0.1, 0.15) is 6.54 Å². The predicted octanol–water partition coefficient (Wildman–Crippen LogP) is 0.304. The number of carbonyl (C=O) groups is 3. The Morgan fingerprint density at radius 3 is 2.85 bits per heavy atom. The third kappa shape index (κ3) is 3.61. The van der Waals surface area contributed by atoms with Crippen LogP contribution in [0.2, 0.25) is 0 Å². The second-order valence-corrected chi connectivity index (χ2v) is 5.38. The summed E-state index contributed by atoms with van der Waals surface area (Å²) in [6.45, 7) is 0.409. The lowest BCUT2D eigenvalue weighted by molar-refractivity contribution is -0.137. The van der Waals surface area contributed by atoms with Crippen LogP contribution in [0.1, 0.15) is 38.5 Å². The summed E-state index contributed by atoms with van der Waals surface area (Å²) in [6.07, 6.45) is 4.41. The standard InChI is InChI=1S/C13H21N3O4/c17-11-8-16(10-5-2-1-4-9(10)15-11)13(20)14-7-3-6-12(18)19/h9-10H,1-8H2,(H,14,20)(H,15,17)(H,18,19)/t9-,10+/m1/s1. The molecule has 0 aromatic heterocycles. The fourth-order valence-corrected chi connectivity index (χ4v) is 2.94. The van der Waals surface area contributed by atoms with E-state index in [1.165, 1.54) is 0 Å². The highest BCUT2D eigenvalue weighted by atomic mass is 16.4. The van der Waals surface area contributed by atoms with Crippen molar-refractivity contribution in [3.8, 4) is 0 Å². The number of amides is 3. The molecule has 3 amide bonds. The Balaban J connectivity index is 1.86. The summed E-state index contributed by atoms with van der Waals surface area (Å²) in [5, 5.41) is 14.2. The first kappa shape index (κ1) is 14.6. The molecule has 0 spiro atoms. The molecule has 1 saturated heterocycles. The Hall–Kier alpha value is -1.79. The Kier molecular flexibility index (Phi) is 4.81. The number of fused-ring (bicyclic) bond motifs is 1. The number of urea groups is 1. The maximum Gasteiger partial charge on any atom is 0.318 e. The van der Waals surface area contributed by atoms with E-state index in [2.05, 4.69) is 10.6 Å². The summed E-state index contributed by atoms with van der Waals surface area (Å²) < 4.78 is 0. The van der Waals surface area contributed by atoms with E-state index in [4.69, 9.17) is 5.11 Å². The molecule has 0 aromatic carbocycles. The molecule has 7 nitrogen and oxygen atoms in total. The molecule has 7 heteroatoms. The van der Waals surface area contributed by atoms with Crippen LogP contribution in [0.25, 0.3) is 0 Å². The molecule has 0 bridgehead atoms. The maximum absolute atomic E-state index is 12.1. The van der Waals surface area contributed by atoms with Gasteiger partial charge in [0.25, 0.3) is 0 Å². The van der Waals surface area contributed by atoms with E-state index in [9.17, 15) is 14.4 Å². The van der Waals surface area contributed by atoms with Gasteiger partial charge in [-0.2, -0.15) is 0 Å². The van der Waals surface area contributed by atoms with Crippen LogP contribution < -0.4 is 10.6 Å². The molecule has 2 aliphatic rings. The van der Waals surface area contributed by atoms with E-state index >= 15 is 0 Å². The maximum atomic E-state index is 12.1. The van der Waals surface area contributed by atoms with E-state index in [0.717, 1.165) is 25.7 Å². The highest BCUT2D eigenvalue weighted by Crippen LogP contribution is 2.25. The van der Waals surface area contributed by atoms with Gasteiger partial charge >= 0.3 is 12.0 Å². The lowest BCUT2D eigenvalue weighted by Crippen LogP contribution is -2.64. The van der Waals surface area contributed by atoms with Crippen molar-refractivity contribution in [3.63, 3.8) is 0 Å². The summed E-state index contributed by atoms with van der Waals surface area (Å²) in [6, 6.07) is -0.127. The summed E-state index contributed by atoms with van der Waals surface area (Å²) in [5.74, 6) is -0.988. The van der Waals surface area contributed by atoms with E-state index in [0.29, 0.717) is 13.0 Å². The highest BCUT2D eigenvalue weighted by Gasteiger charge is 2.38. The number of nitrogens with zero attached hydrogens (tertiary/aromatic N) is 1. The predicted molar refractivity (Wildman–Crippen MR) is 71.2 cm³/mol. The summed E-state index contributed by atoms with van der Waals surface area (Å²) in [5.41, 5.74) is 0. The third-order valence-electron chi connectivity index (χ3n) is 3.89. The molecular weight excluding hydrogens is 262 g/mol. The molecule has 20 heavy (non-hydrogen) atoms. The zero-order valence-corrected chi connectivity index (χ0v) is 11.4. The SMILES string of the molecule is O=C(O)CCCNC(=O)N1CC(=O)N[C@@H]2CCCC[C@@H]21. The molecule has 0 aromatic rings. The van der Waals surface area contributed by atoms with Crippen molar-refractivity contribution < 1.29 is 19.5 Å². The lowest BCUT2D eigenvalue weighted by Gasteiger charge is -2.43. The summed E-state index contributed by atoms with van der Waals surface area (Å²) >= 11 is 0. The van der Waals surface area contributed by atoms with Gasteiger partial charge in [-0.3, -0.25) is 9.59 Å². The number of hydrogen-bond donors (Lipinski definition) is 3. The quantitative estimate of drug-likeness (QED) is 0.646. The summed E-state index contributed by atoms with van der Waals surface area (Å²) in [4.78, 5) is 35.8. The zero-order valence-electron chi connectivity index (χ0n) is 11.4. The summed E-state index contributed by atoms with van der Waals surface area (Å²) in [7, 11) is 0. The van der Waals surface area contributed by atoms with Crippen molar-refractivity contribution in [2.24, 2.45) is 0 Å². The number of carbonyl (C=O) groups excluding carboxylic acids is 2. The van der Waals surface area contributed by atoms with Gasteiger partial charge in [0, 0.05) is 19.0 Å². The Labute approximate surface area is 117 Å². The van der Waals surface area contributed by atoms with Crippen molar-refractivity contribution in [2.75, 3.05) is 13.1 Å². The molecule has 1 aliphatic heterocycles. The Morgan fingerprint density at radius 1 is 1.35 bits per heavy atom. The number of nitrogens with one attached hydrogen (secondary N) is 2. The number of aliphatic carboxylic acids is 1. The molecule has 2 fully saturated rings. The van der Waals surface area contributed by atoms with Crippen LogP contribution in [0.4, 0.5) is 4.79 Å². The van der Waals surface area contributed by atoms with Gasteiger partial charge in [-0.05, 0) is 19.3 Å². The highest BCUT2D eigenvalue weighted by molar-refractivity contribution is 5.86. The van der Waals surface area contributed by atoms with Crippen LogP contribution in [0.3, 0.4) is 0 Å². The molecule has 0 unspecified atom stereocenters. The smallest absolute Gasteiger partial charge is 0.318 e. The molecule has 1 saturated carbocycles. The molecule has 112 valence electrons. The molecule has 3 N–H and O–H groups in total. The number of rotatable bonds is 4. The van der Waals surface area contributed by atoms with Gasteiger partial charge in [-0.15, -0.1) is 0 Å². The van der Waals surface area contributed by atoms with Crippen LogP contribution in [-0.4, -0.2) is 53.1 Å². The molecule has 0 radical (unpaired) electrons. The van der Waals surface area contributed by atoms with Gasteiger partial charge in [0.15, 0.2) is 0 Å². The van der Waals surface area contributed by atoms with Gasteiger partial charge in [-0.1, -0.05) is 12.8 Å². The van der Waals surface area contributed by atoms with Crippen LogP contribution in [0.15, 0.2) is 0 Å². The third-order valence-corrected chi connectivity index (χ3v) is 3.89. The molecular formula is C13H21N3O4. The fraction of sp³-hybridized carbons (Fsp3) is 0.769. The fourth-order valence-electron chi connectivity index (χ4n) is 2.94. The normalized spacial score (nSPS) is 25.6. The Morgan fingerprint density at radius 2 is 2.10 bits per heavy atom. The molecule has 1 aliphatic carbocycles. The molecule has 1 heterocycles. The number of hydrogen-bond acceptors (Lipinski definition) is 3. The van der Waals surface area contributed by atoms with E-state index < -0.39 is 5.97 Å². The number of carboxylic acid groups (broad SMARTS) is 1. The van der Waals surface area contributed by atoms with Crippen molar-refractivity contribution in [3.05, 3.63) is 0 Å². The molecule has 2 atom stereocenters. The topological polar surface area (TPSA) is 98.7 Å². The van der Waals surface area contributed by atoms with Crippen molar-refractivity contribution in [1.29, 1.82) is 0 Å². The van der Waals surface area contributed by atoms with Gasteiger partial charge < -0.3 is 20.6 Å². The number of carboxylic acids is 1. The number of piperazine rings is 1. The van der Waals surface area contributed by atoms with Crippen LogP contribution >= 0.6 is 0 Å². The van der Waals surface area contributed by atoms with Gasteiger partial charge in [-0.25, -0.2) is 4.79 Å². The zero-order chi connectivity index (χ0) is 14.5. The van der Waals surface area contributed by atoms with E-state index in [1.54, 1.807) is 4.90 Å². The first-order valence-electron chi connectivity index (χ1n) is 7.13. The minimum atomic E-state index is -0.871. The largest absolute Gasteiger partial charge is 0.481 e. The van der Waals surface area contributed by atoms with E-state index in [-0.39, 0.29) is 37.0 Å². The van der Waals surface area contributed by atoms with Gasteiger partial charge in [0.2, 0.25) is 5.91 Å². The molecule has 2 rings (SSSR count). The first-order chi connectivity index (χ1) is 9.58. The lowest BCUT2D eigenvalue weighted by atomic mass is 9.87. The van der Waals surface area contributed by atoms with Crippen molar-refractivity contribution >= 4 is 17.9 Å². The second-order valence-electron chi connectivity index (χ2n) is 5.38. The Bertz CT molecular complexity index is 399. The average molecular weight is 283 g/mol. The second kappa shape index (κ2) is 6.58. The average Bonchev–Trinajstić information content (AvgIpc) is 2.42. The van der Waals surface area contributed by atoms with Crippen molar-refractivity contribution in [1.82, 2.24) is 15.5 Å². The van der Waals surface area contributed by atoms with Crippen LogP contribution in [0.5, 0.6) is 0 Å².